The van der Waals surface area contributed by atoms with Gasteiger partial charge in [-0.25, -0.2) is 0 Å². The molecule has 3 heteroatoms. The third-order valence-corrected chi connectivity index (χ3v) is 4.90. The maximum absolute atomic E-state index is 3.46. The summed E-state index contributed by atoms with van der Waals surface area (Å²) in [6, 6.07) is 2.51. The molecule has 3 atom stereocenters. The average molecular weight is 223 g/mol. The number of likely N-dealkylation sites (tertiary alicyclic amines) is 1. The van der Waals surface area contributed by atoms with Crippen molar-refractivity contribution in [1.29, 1.82) is 0 Å². The second kappa shape index (κ2) is 4.63. The molecule has 0 aromatic carbocycles. The molecule has 92 valence electrons. The van der Waals surface area contributed by atoms with Gasteiger partial charge in [-0.3, -0.25) is 9.80 Å². The minimum absolute atomic E-state index is 0.740. The lowest BCUT2D eigenvalue weighted by Crippen LogP contribution is -2.51. The molecule has 0 spiro atoms. The Hall–Kier alpha value is -0.120. The molecule has 3 rings (SSSR count). The lowest BCUT2D eigenvalue weighted by Gasteiger charge is -2.39. The summed E-state index contributed by atoms with van der Waals surface area (Å²) in [4.78, 5) is 5.51. The monoisotopic (exact) mass is 223 g/mol. The highest BCUT2D eigenvalue weighted by molar-refractivity contribution is 4.98. The van der Waals surface area contributed by atoms with Crippen molar-refractivity contribution < 1.29 is 0 Å². The van der Waals surface area contributed by atoms with Crippen molar-refractivity contribution in [1.82, 2.24) is 15.1 Å². The number of likely N-dealkylation sites (N-methyl/N-ethyl adjacent to an activating group) is 1. The zero-order valence-corrected chi connectivity index (χ0v) is 10.5. The topological polar surface area (TPSA) is 18.5 Å². The molecule has 0 aliphatic carbocycles. The van der Waals surface area contributed by atoms with E-state index < -0.39 is 0 Å². The molecular weight excluding hydrogens is 198 g/mol. The summed E-state index contributed by atoms with van der Waals surface area (Å²) in [6.45, 7) is 5.35. The van der Waals surface area contributed by atoms with Gasteiger partial charge in [-0.1, -0.05) is 0 Å². The predicted octanol–water partition coefficient (Wildman–Crippen LogP) is 0.907. The van der Waals surface area contributed by atoms with Crippen molar-refractivity contribution in [2.45, 2.75) is 50.2 Å². The number of nitrogens with zero attached hydrogens (tertiary/aromatic N) is 2. The quantitative estimate of drug-likeness (QED) is 0.750. The van der Waals surface area contributed by atoms with Crippen LogP contribution in [0.5, 0.6) is 0 Å². The molecule has 3 heterocycles. The minimum atomic E-state index is 0.740. The molecule has 0 radical (unpaired) electrons. The summed E-state index contributed by atoms with van der Waals surface area (Å²) in [7, 11) is 2.12. The van der Waals surface area contributed by atoms with Crippen LogP contribution in [0.2, 0.25) is 0 Å². The largest absolute Gasteiger partial charge is 0.316 e. The van der Waals surface area contributed by atoms with Crippen LogP contribution in [0.15, 0.2) is 0 Å². The summed E-state index contributed by atoms with van der Waals surface area (Å²) in [5.74, 6) is 0. The van der Waals surface area contributed by atoms with Gasteiger partial charge in [0, 0.05) is 31.2 Å². The van der Waals surface area contributed by atoms with Gasteiger partial charge >= 0.3 is 0 Å². The van der Waals surface area contributed by atoms with E-state index in [9.17, 15) is 0 Å². The number of hydrogen-bond acceptors (Lipinski definition) is 3. The molecule has 3 fully saturated rings. The first-order valence-corrected chi connectivity index (χ1v) is 7.04. The molecule has 3 nitrogen and oxygen atoms in total. The zero-order chi connectivity index (χ0) is 11.0. The normalized spacial score (nSPS) is 41.4. The minimum Gasteiger partial charge on any atom is -0.316 e. The van der Waals surface area contributed by atoms with Crippen LogP contribution in [0.25, 0.3) is 0 Å². The van der Waals surface area contributed by atoms with E-state index >= 15 is 0 Å². The van der Waals surface area contributed by atoms with Crippen molar-refractivity contribution in [2.75, 3.05) is 33.2 Å². The van der Waals surface area contributed by atoms with E-state index in [0.29, 0.717) is 0 Å². The molecule has 16 heavy (non-hydrogen) atoms. The SMILES string of the molecule is CNC1CCCN(C2CCN3CCCC23)C1. The molecule has 0 aromatic rings. The van der Waals surface area contributed by atoms with Crippen molar-refractivity contribution in [3.8, 4) is 0 Å². The van der Waals surface area contributed by atoms with E-state index in [1.165, 1.54) is 58.3 Å². The van der Waals surface area contributed by atoms with Crippen LogP contribution in [-0.4, -0.2) is 61.2 Å². The van der Waals surface area contributed by atoms with Crippen LogP contribution < -0.4 is 5.32 Å². The van der Waals surface area contributed by atoms with Crippen LogP contribution in [0, 0.1) is 0 Å². The van der Waals surface area contributed by atoms with E-state index in [0.717, 1.165) is 18.1 Å². The lowest BCUT2D eigenvalue weighted by molar-refractivity contribution is 0.117. The number of hydrogen-bond donors (Lipinski definition) is 1. The van der Waals surface area contributed by atoms with Gasteiger partial charge in [0.25, 0.3) is 0 Å². The molecule has 1 N–H and O–H groups in total. The third kappa shape index (κ3) is 1.89. The van der Waals surface area contributed by atoms with E-state index in [1.807, 2.05) is 0 Å². The van der Waals surface area contributed by atoms with Crippen LogP contribution in [0.3, 0.4) is 0 Å². The van der Waals surface area contributed by atoms with E-state index in [4.69, 9.17) is 0 Å². The van der Waals surface area contributed by atoms with Crippen molar-refractivity contribution >= 4 is 0 Å². The van der Waals surface area contributed by atoms with Crippen LogP contribution in [0.4, 0.5) is 0 Å². The highest BCUT2D eigenvalue weighted by atomic mass is 15.3. The fourth-order valence-corrected chi connectivity index (χ4v) is 4.02. The predicted molar refractivity (Wildman–Crippen MR) is 66.7 cm³/mol. The Morgan fingerprint density at radius 1 is 0.875 bits per heavy atom. The molecule has 3 saturated heterocycles. The molecule has 3 aliphatic rings. The van der Waals surface area contributed by atoms with Gasteiger partial charge in [0.1, 0.15) is 0 Å². The first-order chi connectivity index (χ1) is 7.88. The summed E-state index contributed by atoms with van der Waals surface area (Å²) >= 11 is 0. The second-order valence-electron chi connectivity index (χ2n) is 5.72. The Labute approximate surface area is 99.2 Å². The van der Waals surface area contributed by atoms with Crippen molar-refractivity contribution in [3.05, 3.63) is 0 Å². The molecular formula is C13H25N3. The Bertz CT molecular complexity index is 243. The number of fused-ring (bicyclic) bond motifs is 1. The summed E-state index contributed by atoms with van der Waals surface area (Å²) in [6.07, 6.45) is 7.06. The van der Waals surface area contributed by atoms with Gasteiger partial charge in [-0.2, -0.15) is 0 Å². The third-order valence-electron chi connectivity index (χ3n) is 4.90. The van der Waals surface area contributed by atoms with Crippen LogP contribution in [-0.2, 0) is 0 Å². The van der Waals surface area contributed by atoms with Crippen LogP contribution >= 0.6 is 0 Å². The highest BCUT2D eigenvalue weighted by Gasteiger charge is 2.40. The van der Waals surface area contributed by atoms with Crippen molar-refractivity contribution in [3.63, 3.8) is 0 Å². The summed E-state index contributed by atoms with van der Waals surface area (Å²) in [5.41, 5.74) is 0. The van der Waals surface area contributed by atoms with Crippen LogP contribution in [0.1, 0.15) is 32.1 Å². The molecule has 0 saturated carbocycles. The molecule has 3 aliphatic heterocycles. The van der Waals surface area contributed by atoms with Gasteiger partial charge in [0.15, 0.2) is 0 Å². The van der Waals surface area contributed by atoms with Crippen molar-refractivity contribution in [2.24, 2.45) is 0 Å². The fraction of sp³-hybridized carbons (Fsp3) is 1.00. The van der Waals surface area contributed by atoms with Gasteiger partial charge in [-0.15, -0.1) is 0 Å². The molecule has 0 amide bonds. The smallest absolute Gasteiger partial charge is 0.0264 e. The first kappa shape index (κ1) is 11.0. The van der Waals surface area contributed by atoms with Gasteiger partial charge < -0.3 is 5.32 Å². The Morgan fingerprint density at radius 3 is 2.50 bits per heavy atom. The highest BCUT2D eigenvalue weighted by Crippen LogP contribution is 2.32. The molecule has 0 aromatic heterocycles. The Morgan fingerprint density at radius 2 is 1.62 bits per heavy atom. The maximum atomic E-state index is 3.46. The van der Waals surface area contributed by atoms with E-state index in [2.05, 4.69) is 22.2 Å². The number of rotatable bonds is 2. The lowest BCUT2D eigenvalue weighted by atomic mass is 9.99. The second-order valence-corrected chi connectivity index (χ2v) is 5.72. The number of piperidine rings is 1. The number of nitrogens with one attached hydrogen (secondary N) is 1. The zero-order valence-electron chi connectivity index (χ0n) is 10.5. The maximum Gasteiger partial charge on any atom is 0.0264 e. The Balaban J connectivity index is 1.63. The Kier molecular flexibility index (Phi) is 3.18. The summed E-state index contributed by atoms with van der Waals surface area (Å²) in [5, 5.41) is 3.46. The standard InChI is InChI=1S/C13H25N3/c1-14-11-4-2-8-16(10-11)13-6-9-15-7-3-5-12(13)15/h11-14H,2-10H2,1H3. The fourth-order valence-electron chi connectivity index (χ4n) is 4.02. The molecule has 0 bridgehead atoms. The molecule has 3 unspecified atom stereocenters. The van der Waals surface area contributed by atoms with E-state index in [-0.39, 0.29) is 0 Å². The summed E-state index contributed by atoms with van der Waals surface area (Å²) < 4.78 is 0. The van der Waals surface area contributed by atoms with E-state index in [1.54, 1.807) is 0 Å². The average Bonchev–Trinajstić information content (AvgIpc) is 2.90. The van der Waals surface area contributed by atoms with Gasteiger partial charge in [0.2, 0.25) is 0 Å². The van der Waals surface area contributed by atoms with Gasteiger partial charge in [0.05, 0.1) is 0 Å². The van der Waals surface area contributed by atoms with Gasteiger partial charge in [-0.05, 0) is 52.2 Å². The first-order valence-electron chi connectivity index (χ1n) is 7.04.